The van der Waals surface area contributed by atoms with Crippen molar-refractivity contribution >= 4 is 5.91 Å². The van der Waals surface area contributed by atoms with E-state index in [4.69, 9.17) is 5.26 Å². The van der Waals surface area contributed by atoms with Crippen LogP contribution in [0.15, 0.2) is 12.1 Å². The first-order chi connectivity index (χ1) is 9.79. The van der Waals surface area contributed by atoms with Crippen molar-refractivity contribution in [3.05, 3.63) is 23.5 Å². The van der Waals surface area contributed by atoms with Gasteiger partial charge in [-0.05, 0) is 12.1 Å². The molecule has 0 N–H and O–H groups in total. The molecule has 0 unspecified atom stereocenters. The molecule has 1 aromatic rings. The first kappa shape index (κ1) is 17.8. The van der Waals surface area contributed by atoms with Crippen LogP contribution in [0, 0.1) is 11.3 Å². The van der Waals surface area contributed by atoms with Gasteiger partial charge in [-0.2, -0.15) is 36.0 Å². The van der Waals surface area contributed by atoms with Crippen molar-refractivity contribution in [2.75, 3.05) is 0 Å². The van der Waals surface area contributed by atoms with Gasteiger partial charge in [0, 0.05) is 7.05 Å². The number of nitriles is 1. The summed E-state index contributed by atoms with van der Waals surface area (Å²) < 4.78 is 88.0. The van der Waals surface area contributed by atoms with Crippen molar-refractivity contribution in [1.29, 1.82) is 5.26 Å². The van der Waals surface area contributed by atoms with Gasteiger partial charge in [-0.15, -0.1) is 5.06 Å². The Bertz CT molecular complexity index is 629. The zero-order valence-electron chi connectivity index (χ0n) is 10.5. The number of hydroxylamine groups is 2. The smallest absolute Gasteiger partial charge is 0.331 e. The lowest BCUT2D eigenvalue weighted by Crippen LogP contribution is -2.61. The molecule has 22 heavy (non-hydrogen) atoms. The summed E-state index contributed by atoms with van der Waals surface area (Å²) in [5.41, 5.74) is -1.26. The van der Waals surface area contributed by atoms with Gasteiger partial charge in [0.2, 0.25) is 0 Å². The molecule has 1 amide bonds. The predicted molar refractivity (Wildman–Crippen MR) is 52.9 cm³/mol. The van der Waals surface area contributed by atoms with Crippen molar-refractivity contribution < 1.29 is 40.7 Å². The van der Waals surface area contributed by atoms with Crippen molar-refractivity contribution in [2.45, 2.75) is 18.1 Å². The van der Waals surface area contributed by atoms with Crippen molar-refractivity contribution in [3.63, 3.8) is 0 Å². The van der Waals surface area contributed by atoms with E-state index >= 15 is 0 Å². The molecule has 1 aromatic heterocycles. The number of rotatable bonds is 3. The van der Waals surface area contributed by atoms with Gasteiger partial charge >= 0.3 is 24.1 Å². The molecule has 0 bridgehead atoms. The average molecular weight is 332 g/mol. The molecule has 1 heterocycles. The largest absolute Gasteiger partial charge is 0.462 e. The van der Waals surface area contributed by atoms with Gasteiger partial charge < -0.3 is 4.57 Å². The Morgan fingerprint density at radius 3 is 2.05 bits per heavy atom. The highest BCUT2D eigenvalue weighted by atomic mass is 19.4. The van der Waals surface area contributed by atoms with Crippen molar-refractivity contribution in [3.8, 4) is 6.07 Å². The maximum absolute atomic E-state index is 13.1. The molecule has 0 aromatic carbocycles. The molecule has 1 radical (unpaired) electrons. The molecule has 0 saturated carbocycles. The lowest BCUT2D eigenvalue weighted by molar-refractivity contribution is -0.425. The summed E-state index contributed by atoms with van der Waals surface area (Å²) in [5.74, 6) is -9.10. The Morgan fingerprint density at radius 1 is 1.18 bits per heavy atom. The lowest BCUT2D eigenvalue weighted by Gasteiger charge is -2.31. The molecular formula is C10H5F7N3O2. The molecule has 0 saturated heterocycles. The van der Waals surface area contributed by atoms with E-state index in [1.54, 1.807) is 0 Å². The number of amides is 1. The summed E-state index contributed by atoms with van der Waals surface area (Å²) in [7, 11) is 0.958. The Kier molecular flexibility index (Phi) is 4.17. The van der Waals surface area contributed by atoms with Gasteiger partial charge in [0.15, 0.2) is 0 Å². The maximum atomic E-state index is 13.1. The second kappa shape index (κ2) is 5.16. The van der Waals surface area contributed by atoms with E-state index in [2.05, 4.69) is 0 Å². The minimum atomic E-state index is -6.75. The van der Waals surface area contributed by atoms with Gasteiger partial charge in [-0.25, -0.2) is 0 Å². The van der Waals surface area contributed by atoms with Crippen LogP contribution in [0.2, 0.25) is 0 Å². The van der Waals surface area contributed by atoms with Gasteiger partial charge in [-0.1, -0.05) is 5.21 Å². The van der Waals surface area contributed by atoms with E-state index in [1.165, 1.54) is 6.07 Å². The predicted octanol–water partition coefficient (Wildman–Crippen LogP) is 2.47. The van der Waals surface area contributed by atoms with E-state index in [0.717, 1.165) is 13.1 Å². The number of alkyl halides is 7. The first-order valence-electron chi connectivity index (χ1n) is 5.19. The second-order valence-electron chi connectivity index (χ2n) is 3.99. The lowest BCUT2D eigenvalue weighted by atomic mass is 10.2. The van der Waals surface area contributed by atoms with E-state index in [9.17, 15) is 40.7 Å². The number of hydrogen-bond donors (Lipinski definition) is 0. The molecule has 0 fully saturated rings. The number of hydrogen-bond acceptors (Lipinski definition) is 2. The zero-order valence-corrected chi connectivity index (χ0v) is 10.5. The van der Waals surface area contributed by atoms with E-state index in [-0.39, 0.29) is 5.69 Å². The molecule has 1 rings (SSSR count). The second-order valence-corrected chi connectivity index (χ2v) is 3.99. The Morgan fingerprint density at radius 2 is 1.68 bits per heavy atom. The molecule has 5 nitrogen and oxygen atoms in total. The zero-order chi connectivity index (χ0) is 17.5. The van der Waals surface area contributed by atoms with E-state index in [0.29, 0.717) is 10.6 Å². The number of carbonyl (C=O) groups is 1. The van der Waals surface area contributed by atoms with Crippen LogP contribution in [0.4, 0.5) is 30.7 Å². The van der Waals surface area contributed by atoms with Crippen LogP contribution >= 0.6 is 0 Å². The van der Waals surface area contributed by atoms with Crippen LogP contribution in [0.3, 0.4) is 0 Å². The SMILES string of the molecule is Cn1c(C#N)ccc1C(=O)N([O])C(F)(F)C(F)(F)C(F)(F)F. The third-order valence-electron chi connectivity index (χ3n) is 2.63. The Balaban J connectivity index is 3.24. The minimum absolute atomic E-state index is 0.303. The van der Waals surface area contributed by atoms with Crippen LogP contribution < -0.4 is 0 Å². The van der Waals surface area contributed by atoms with Crippen LogP contribution in [0.25, 0.3) is 0 Å². The summed E-state index contributed by atoms with van der Waals surface area (Å²) in [4.78, 5) is 11.4. The molecule has 0 aliphatic carbocycles. The third-order valence-corrected chi connectivity index (χ3v) is 2.63. The third kappa shape index (κ3) is 2.47. The molecule has 0 spiro atoms. The van der Waals surface area contributed by atoms with Crippen LogP contribution in [0.1, 0.15) is 16.2 Å². The quantitative estimate of drug-likeness (QED) is 0.485. The van der Waals surface area contributed by atoms with Crippen molar-refractivity contribution in [1.82, 2.24) is 9.63 Å². The fourth-order valence-electron chi connectivity index (χ4n) is 1.37. The standard InChI is InChI=1S/C10H5F7N3O2/c1-19-5(4-18)2-3-6(19)7(21)20(22)10(16,17)8(11,12)9(13,14)15/h2-3H,1H3. The summed E-state index contributed by atoms with van der Waals surface area (Å²) in [6.07, 6.45) is -6.74. The Hall–Kier alpha value is -2.29. The Labute approximate surface area is 117 Å². The van der Waals surface area contributed by atoms with Crippen molar-refractivity contribution in [2.24, 2.45) is 7.05 Å². The maximum Gasteiger partial charge on any atom is 0.462 e. The molecule has 12 heteroatoms. The highest BCUT2D eigenvalue weighted by Gasteiger charge is 2.77. The fourth-order valence-corrected chi connectivity index (χ4v) is 1.37. The van der Waals surface area contributed by atoms with Gasteiger partial charge in [0.05, 0.1) is 0 Å². The monoisotopic (exact) mass is 332 g/mol. The summed E-state index contributed by atoms with van der Waals surface area (Å²) in [6.45, 7) is 0. The molecule has 121 valence electrons. The van der Waals surface area contributed by atoms with Gasteiger partial charge in [-0.3, -0.25) is 4.79 Å². The normalized spacial score (nSPS) is 12.9. The average Bonchev–Trinajstić information content (AvgIpc) is 2.76. The van der Waals surface area contributed by atoms with E-state index < -0.39 is 34.8 Å². The highest BCUT2D eigenvalue weighted by Crippen LogP contribution is 2.47. The number of nitrogens with zero attached hydrogens (tertiary/aromatic N) is 3. The molecule has 0 aliphatic rings. The molecular weight excluding hydrogens is 327 g/mol. The van der Waals surface area contributed by atoms with Gasteiger partial charge in [0.25, 0.3) is 0 Å². The fraction of sp³-hybridized carbons (Fsp3) is 0.400. The van der Waals surface area contributed by atoms with Crippen LogP contribution in [-0.2, 0) is 12.3 Å². The number of aromatic nitrogens is 1. The topological polar surface area (TPSA) is 68.9 Å². The molecule has 0 aliphatic heterocycles. The van der Waals surface area contributed by atoms with Crippen LogP contribution in [-0.4, -0.2) is 33.7 Å². The summed E-state index contributed by atoms with van der Waals surface area (Å²) in [5, 5.41) is 17.4. The number of halogens is 7. The minimum Gasteiger partial charge on any atom is -0.331 e. The summed E-state index contributed by atoms with van der Waals surface area (Å²) in [6, 6.07) is -3.33. The van der Waals surface area contributed by atoms with Crippen LogP contribution in [0.5, 0.6) is 0 Å². The highest BCUT2D eigenvalue weighted by molar-refractivity contribution is 5.92. The van der Waals surface area contributed by atoms with E-state index in [1.807, 2.05) is 0 Å². The summed E-state index contributed by atoms with van der Waals surface area (Å²) >= 11 is 0. The first-order valence-corrected chi connectivity index (χ1v) is 5.19. The van der Waals surface area contributed by atoms with Gasteiger partial charge in [0.1, 0.15) is 17.5 Å². The number of carbonyl (C=O) groups excluding carboxylic acids is 1. The molecule has 0 atom stereocenters.